The molecule has 2 aromatic rings. The number of benzene rings is 2. The van der Waals surface area contributed by atoms with Crippen LogP contribution in [0.3, 0.4) is 0 Å². The van der Waals surface area contributed by atoms with Gasteiger partial charge in [-0.15, -0.1) is 0 Å². The maximum absolute atomic E-state index is 12.2. The number of hydrogen-bond donors (Lipinski definition) is 2. The number of aryl methyl sites for hydroxylation is 1. The van der Waals surface area contributed by atoms with Gasteiger partial charge in [-0.2, -0.15) is 5.10 Å². The zero-order chi connectivity index (χ0) is 16.8. The summed E-state index contributed by atoms with van der Waals surface area (Å²) in [7, 11) is 0. The first-order chi connectivity index (χ1) is 11.0. The van der Waals surface area contributed by atoms with Gasteiger partial charge in [0.2, 0.25) is 0 Å². The minimum atomic E-state index is -0.289. The quantitative estimate of drug-likeness (QED) is 0.671. The third-order valence-corrected chi connectivity index (χ3v) is 3.18. The molecule has 0 aromatic heterocycles. The van der Waals surface area contributed by atoms with Crippen molar-refractivity contribution in [1.29, 1.82) is 0 Å². The van der Waals surface area contributed by atoms with Gasteiger partial charge in [0, 0.05) is 22.5 Å². The summed E-state index contributed by atoms with van der Waals surface area (Å²) >= 11 is 0. The van der Waals surface area contributed by atoms with Crippen molar-refractivity contribution in [2.75, 3.05) is 5.32 Å². The van der Waals surface area contributed by atoms with Crippen molar-refractivity contribution in [2.24, 2.45) is 5.10 Å². The lowest BCUT2D eigenvalue weighted by atomic mass is 10.1. The summed E-state index contributed by atoms with van der Waals surface area (Å²) in [5.41, 5.74) is 5.86. The summed E-state index contributed by atoms with van der Waals surface area (Å²) in [4.78, 5) is 24.1. The first-order valence-electron chi connectivity index (χ1n) is 7.25. The van der Waals surface area contributed by atoms with E-state index in [1.165, 1.54) is 0 Å². The molecule has 0 saturated heterocycles. The zero-order valence-corrected chi connectivity index (χ0v) is 13.4. The fraction of sp³-hybridized carbons (Fsp3) is 0.167. The van der Waals surface area contributed by atoms with Crippen LogP contribution in [0.2, 0.25) is 0 Å². The minimum Gasteiger partial charge on any atom is -0.322 e. The third-order valence-electron chi connectivity index (χ3n) is 3.18. The van der Waals surface area contributed by atoms with E-state index in [0.717, 1.165) is 11.3 Å². The molecule has 5 nitrogen and oxygen atoms in total. The second-order valence-corrected chi connectivity index (χ2v) is 5.35. The topological polar surface area (TPSA) is 70.6 Å². The molecule has 23 heavy (non-hydrogen) atoms. The SMILES string of the molecule is CC(C)=NNC(=O)c1ccc(NC(=O)c2ccccc2C)cc1. The standard InChI is InChI=1S/C18H19N3O2/c1-12(2)20-21-17(22)14-8-10-15(11-9-14)19-18(23)16-7-5-4-6-13(16)3/h4-11H,1-3H3,(H,19,23)(H,21,22). The van der Waals surface area contributed by atoms with Crippen molar-refractivity contribution in [3.05, 3.63) is 65.2 Å². The van der Waals surface area contributed by atoms with Crippen molar-refractivity contribution in [1.82, 2.24) is 5.43 Å². The average molecular weight is 309 g/mol. The highest BCUT2D eigenvalue weighted by molar-refractivity contribution is 6.05. The number of anilines is 1. The van der Waals surface area contributed by atoms with Gasteiger partial charge in [-0.3, -0.25) is 9.59 Å². The van der Waals surface area contributed by atoms with Crippen LogP contribution in [0, 0.1) is 6.92 Å². The highest BCUT2D eigenvalue weighted by Crippen LogP contribution is 2.13. The van der Waals surface area contributed by atoms with Gasteiger partial charge in [-0.1, -0.05) is 18.2 Å². The Labute approximate surface area is 135 Å². The molecule has 0 aliphatic carbocycles. The van der Waals surface area contributed by atoms with Crippen molar-refractivity contribution in [3.63, 3.8) is 0 Å². The second kappa shape index (κ2) is 7.35. The lowest BCUT2D eigenvalue weighted by Crippen LogP contribution is -2.18. The van der Waals surface area contributed by atoms with E-state index >= 15 is 0 Å². The van der Waals surface area contributed by atoms with Gasteiger partial charge in [0.05, 0.1) is 0 Å². The van der Waals surface area contributed by atoms with Crippen LogP contribution in [0.15, 0.2) is 53.6 Å². The predicted molar refractivity (Wildman–Crippen MR) is 91.8 cm³/mol. The summed E-state index contributed by atoms with van der Waals surface area (Å²) in [5.74, 6) is -0.463. The largest absolute Gasteiger partial charge is 0.322 e. The van der Waals surface area contributed by atoms with Crippen LogP contribution < -0.4 is 10.7 Å². The van der Waals surface area contributed by atoms with E-state index in [1.54, 1.807) is 44.2 Å². The summed E-state index contributed by atoms with van der Waals surface area (Å²) < 4.78 is 0. The van der Waals surface area contributed by atoms with Gasteiger partial charge >= 0.3 is 0 Å². The fourth-order valence-corrected chi connectivity index (χ4v) is 1.96. The van der Waals surface area contributed by atoms with Gasteiger partial charge in [0.25, 0.3) is 11.8 Å². The maximum Gasteiger partial charge on any atom is 0.271 e. The molecule has 2 rings (SSSR count). The van der Waals surface area contributed by atoms with Crippen molar-refractivity contribution in [2.45, 2.75) is 20.8 Å². The summed E-state index contributed by atoms with van der Waals surface area (Å²) in [6.07, 6.45) is 0. The Morgan fingerprint density at radius 2 is 1.57 bits per heavy atom. The predicted octanol–water partition coefficient (Wildman–Crippen LogP) is 3.37. The Bertz CT molecular complexity index is 745. The Morgan fingerprint density at radius 1 is 0.913 bits per heavy atom. The second-order valence-electron chi connectivity index (χ2n) is 5.35. The monoisotopic (exact) mass is 309 g/mol. The number of rotatable bonds is 4. The van der Waals surface area contributed by atoms with Crippen LogP contribution in [0.4, 0.5) is 5.69 Å². The molecule has 118 valence electrons. The Morgan fingerprint density at radius 3 is 2.17 bits per heavy atom. The van der Waals surface area contributed by atoms with E-state index in [2.05, 4.69) is 15.8 Å². The van der Waals surface area contributed by atoms with Crippen LogP contribution in [0.5, 0.6) is 0 Å². The van der Waals surface area contributed by atoms with Crippen molar-refractivity contribution in [3.8, 4) is 0 Å². The van der Waals surface area contributed by atoms with Gasteiger partial charge in [0.15, 0.2) is 0 Å². The van der Waals surface area contributed by atoms with Crippen LogP contribution >= 0.6 is 0 Å². The number of hydrogen-bond acceptors (Lipinski definition) is 3. The Kier molecular flexibility index (Phi) is 5.25. The normalized spacial score (nSPS) is 9.87. The fourth-order valence-electron chi connectivity index (χ4n) is 1.96. The Hall–Kier alpha value is -2.95. The van der Waals surface area contributed by atoms with Crippen LogP contribution in [-0.2, 0) is 0 Å². The van der Waals surface area contributed by atoms with E-state index in [4.69, 9.17) is 0 Å². The van der Waals surface area contributed by atoms with E-state index in [1.807, 2.05) is 25.1 Å². The van der Waals surface area contributed by atoms with Crippen LogP contribution in [0.1, 0.15) is 40.1 Å². The highest BCUT2D eigenvalue weighted by atomic mass is 16.2. The molecule has 2 amide bonds. The molecule has 2 N–H and O–H groups in total. The average Bonchev–Trinajstić information content (AvgIpc) is 2.53. The van der Waals surface area contributed by atoms with Crippen molar-refractivity contribution >= 4 is 23.2 Å². The van der Waals surface area contributed by atoms with E-state index in [0.29, 0.717) is 16.8 Å². The molecule has 0 aliphatic heterocycles. The molecular formula is C18H19N3O2. The molecule has 0 fully saturated rings. The number of carbonyl (C=O) groups excluding carboxylic acids is 2. The minimum absolute atomic E-state index is 0.175. The lowest BCUT2D eigenvalue weighted by Gasteiger charge is -2.08. The molecule has 0 radical (unpaired) electrons. The first kappa shape index (κ1) is 16.4. The zero-order valence-electron chi connectivity index (χ0n) is 13.4. The van der Waals surface area contributed by atoms with Crippen LogP contribution in [-0.4, -0.2) is 17.5 Å². The summed E-state index contributed by atoms with van der Waals surface area (Å²) in [6, 6.07) is 14.0. The van der Waals surface area contributed by atoms with Gasteiger partial charge in [-0.25, -0.2) is 5.43 Å². The number of nitrogens with one attached hydrogen (secondary N) is 2. The molecule has 5 heteroatoms. The maximum atomic E-state index is 12.2. The number of hydrazone groups is 1. The molecule has 0 aliphatic rings. The van der Waals surface area contributed by atoms with E-state index in [9.17, 15) is 9.59 Å². The van der Waals surface area contributed by atoms with Crippen LogP contribution in [0.25, 0.3) is 0 Å². The molecule has 0 unspecified atom stereocenters. The molecule has 0 atom stereocenters. The summed E-state index contributed by atoms with van der Waals surface area (Å²) in [6.45, 7) is 5.48. The highest BCUT2D eigenvalue weighted by Gasteiger charge is 2.09. The number of carbonyl (C=O) groups is 2. The molecule has 0 bridgehead atoms. The number of nitrogens with zero attached hydrogens (tertiary/aromatic N) is 1. The van der Waals surface area contributed by atoms with Gasteiger partial charge in [-0.05, 0) is 56.7 Å². The Balaban J connectivity index is 2.06. The number of amides is 2. The third kappa shape index (κ3) is 4.51. The lowest BCUT2D eigenvalue weighted by molar-refractivity contribution is 0.0954. The van der Waals surface area contributed by atoms with E-state index < -0.39 is 0 Å². The summed E-state index contributed by atoms with van der Waals surface area (Å²) in [5, 5.41) is 6.69. The van der Waals surface area contributed by atoms with Gasteiger partial charge in [0.1, 0.15) is 0 Å². The molecular weight excluding hydrogens is 290 g/mol. The molecule has 0 spiro atoms. The van der Waals surface area contributed by atoms with Gasteiger partial charge < -0.3 is 5.32 Å². The molecule has 0 heterocycles. The first-order valence-corrected chi connectivity index (χ1v) is 7.25. The van der Waals surface area contributed by atoms with E-state index in [-0.39, 0.29) is 11.8 Å². The van der Waals surface area contributed by atoms with Crippen molar-refractivity contribution < 1.29 is 9.59 Å². The molecule has 0 saturated carbocycles. The molecule has 2 aromatic carbocycles. The smallest absolute Gasteiger partial charge is 0.271 e.